The summed E-state index contributed by atoms with van der Waals surface area (Å²) in [5.41, 5.74) is 1.59. The van der Waals surface area contributed by atoms with Gasteiger partial charge in [-0.3, -0.25) is 4.79 Å². The van der Waals surface area contributed by atoms with Crippen LogP contribution in [0.3, 0.4) is 0 Å². The number of benzene rings is 1. The Balaban J connectivity index is 2.46. The summed E-state index contributed by atoms with van der Waals surface area (Å²) in [6, 6.07) is 7.22. The minimum Gasteiger partial charge on any atom is -0.463 e. The largest absolute Gasteiger partial charge is 0.463 e. The number of anilines is 1. The van der Waals surface area contributed by atoms with Crippen molar-refractivity contribution in [1.82, 2.24) is 0 Å². The van der Waals surface area contributed by atoms with Gasteiger partial charge in [0.1, 0.15) is 0 Å². The predicted molar refractivity (Wildman–Crippen MR) is 81.8 cm³/mol. The van der Waals surface area contributed by atoms with Gasteiger partial charge in [-0.1, -0.05) is 12.1 Å². The molecule has 5 nitrogen and oxygen atoms in total. The smallest absolute Gasteiger partial charge is 0.330 e. The van der Waals surface area contributed by atoms with Crippen LogP contribution in [0.15, 0.2) is 30.3 Å². The number of nitrogens with one attached hydrogen (secondary N) is 1. The molecule has 1 rings (SSSR count). The van der Waals surface area contributed by atoms with Crippen molar-refractivity contribution in [3.8, 4) is 0 Å². The first-order chi connectivity index (χ1) is 10.2. The Bertz CT molecular complexity index is 480. The van der Waals surface area contributed by atoms with Gasteiger partial charge in [-0.2, -0.15) is 0 Å². The average Bonchev–Trinajstić information content (AvgIpc) is 2.47. The topological polar surface area (TPSA) is 64.6 Å². The molecule has 0 aliphatic rings. The number of amides is 1. The fourth-order valence-corrected chi connectivity index (χ4v) is 1.63. The highest BCUT2D eigenvalue weighted by molar-refractivity contribution is 5.91. The molecule has 0 saturated heterocycles. The number of carbonyl (C=O) groups excluding carboxylic acids is 2. The average molecular weight is 291 g/mol. The molecule has 0 aliphatic carbocycles. The van der Waals surface area contributed by atoms with Crippen molar-refractivity contribution in [1.29, 1.82) is 0 Å². The monoisotopic (exact) mass is 291 g/mol. The summed E-state index contributed by atoms with van der Waals surface area (Å²) in [6.45, 7) is 2.69. The molecule has 1 amide bonds. The lowest BCUT2D eigenvalue weighted by Crippen LogP contribution is -2.11. The molecule has 0 heterocycles. The highest BCUT2D eigenvalue weighted by Gasteiger charge is 2.02. The number of rotatable bonds is 8. The summed E-state index contributed by atoms with van der Waals surface area (Å²) in [5, 5.41) is 2.80. The van der Waals surface area contributed by atoms with Crippen molar-refractivity contribution >= 4 is 23.6 Å². The zero-order valence-corrected chi connectivity index (χ0v) is 12.4. The molecule has 0 aromatic heterocycles. The molecule has 0 unspecified atom stereocenters. The van der Waals surface area contributed by atoms with Crippen molar-refractivity contribution in [2.24, 2.45) is 0 Å². The Hall–Kier alpha value is -2.14. The Kier molecular flexibility index (Phi) is 7.82. The van der Waals surface area contributed by atoms with Crippen LogP contribution in [0.25, 0.3) is 6.08 Å². The second-order valence-electron chi connectivity index (χ2n) is 4.35. The van der Waals surface area contributed by atoms with Crippen molar-refractivity contribution in [2.75, 3.05) is 25.6 Å². The molecule has 0 spiro atoms. The zero-order chi connectivity index (χ0) is 15.5. The molecule has 0 saturated carbocycles. The van der Waals surface area contributed by atoms with Gasteiger partial charge < -0.3 is 14.8 Å². The van der Waals surface area contributed by atoms with Gasteiger partial charge in [-0.15, -0.1) is 0 Å². The van der Waals surface area contributed by atoms with Crippen LogP contribution in [-0.4, -0.2) is 32.2 Å². The highest BCUT2D eigenvalue weighted by atomic mass is 16.5. The molecule has 1 N–H and O–H groups in total. The summed E-state index contributed by atoms with van der Waals surface area (Å²) in [4.78, 5) is 22.8. The van der Waals surface area contributed by atoms with E-state index in [0.717, 1.165) is 11.3 Å². The molecule has 1 aromatic rings. The molecule has 114 valence electrons. The quantitative estimate of drug-likeness (QED) is 0.454. The number of hydrogen-bond acceptors (Lipinski definition) is 4. The molecular formula is C16H21NO4. The van der Waals surface area contributed by atoms with Crippen molar-refractivity contribution in [3.05, 3.63) is 35.9 Å². The maximum absolute atomic E-state index is 11.6. The van der Waals surface area contributed by atoms with Crippen LogP contribution < -0.4 is 5.32 Å². The second kappa shape index (κ2) is 9.72. The molecule has 0 aliphatic heterocycles. The van der Waals surface area contributed by atoms with Gasteiger partial charge in [-0.25, -0.2) is 4.79 Å². The maximum atomic E-state index is 11.6. The first-order valence-corrected chi connectivity index (χ1v) is 6.89. The van der Waals surface area contributed by atoms with E-state index in [1.165, 1.54) is 6.08 Å². The van der Waals surface area contributed by atoms with Crippen LogP contribution in [0.4, 0.5) is 5.69 Å². The van der Waals surface area contributed by atoms with Crippen LogP contribution in [-0.2, 0) is 19.1 Å². The lowest BCUT2D eigenvalue weighted by molar-refractivity contribution is -0.137. The normalized spacial score (nSPS) is 10.6. The standard InChI is InChI=1S/C16H21NO4/c1-3-21-16(19)11-8-13-6-9-14(10-7-13)17-15(18)5-4-12-20-2/h6-11H,3-5,12H2,1-2H3,(H,17,18). The molecule has 1 aromatic carbocycles. The van der Waals surface area contributed by atoms with Gasteiger partial charge in [0.25, 0.3) is 0 Å². The van der Waals surface area contributed by atoms with E-state index in [4.69, 9.17) is 9.47 Å². The first-order valence-electron chi connectivity index (χ1n) is 6.89. The van der Waals surface area contributed by atoms with Crippen molar-refractivity contribution in [3.63, 3.8) is 0 Å². The third-order valence-corrected chi connectivity index (χ3v) is 2.65. The lowest BCUT2D eigenvalue weighted by Gasteiger charge is -2.05. The van der Waals surface area contributed by atoms with E-state index in [-0.39, 0.29) is 11.9 Å². The SMILES string of the molecule is CCOC(=O)C=Cc1ccc(NC(=O)CCCOC)cc1. The number of esters is 1. The van der Waals surface area contributed by atoms with E-state index in [1.807, 2.05) is 12.1 Å². The minimum atomic E-state index is -0.368. The van der Waals surface area contributed by atoms with Gasteiger partial charge in [0.05, 0.1) is 6.61 Å². The molecule has 0 radical (unpaired) electrons. The molecule has 21 heavy (non-hydrogen) atoms. The fourth-order valence-electron chi connectivity index (χ4n) is 1.63. The summed E-state index contributed by atoms with van der Waals surface area (Å²) < 4.78 is 9.69. The summed E-state index contributed by atoms with van der Waals surface area (Å²) in [5.74, 6) is -0.408. The van der Waals surface area contributed by atoms with E-state index in [2.05, 4.69) is 5.32 Å². The second-order valence-corrected chi connectivity index (χ2v) is 4.35. The van der Waals surface area contributed by atoms with Gasteiger partial charge in [0, 0.05) is 31.9 Å². The van der Waals surface area contributed by atoms with E-state index >= 15 is 0 Å². The number of carbonyl (C=O) groups is 2. The van der Waals surface area contributed by atoms with Gasteiger partial charge in [-0.05, 0) is 37.1 Å². The summed E-state index contributed by atoms with van der Waals surface area (Å²) in [6.07, 6.45) is 4.17. The summed E-state index contributed by atoms with van der Waals surface area (Å²) in [7, 11) is 1.61. The maximum Gasteiger partial charge on any atom is 0.330 e. The van der Waals surface area contributed by atoms with Crippen LogP contribution in [0.2, 0.25) is 0 Å². The Morgan fingerprint density at radius 2 is 1.95 bits per heavy atom. The van der Waals surface area contributed by atoms with E-state index in [1.54, 1.807) is 32.2 Å². The molecule has 5 heteroatoms. The highest BCUT2D eigenvalue weighted by Crippen LogP contribution is 2.11. The lowest BCUT2D eigenvalue weighted by atomic mass is 10.2. The van der Waals surface area contributed by atoms with Crippen LogP contribution in [0, 0.1) is 0 Å². The van der Waals surface area contributed by atoms with Crippen LogP contribution in [0.5, 0.6) is 0 Å². The Morgan fingerprint density at radius 1 is 1.24 bits per heavy atom. The first kappa shape index (κ1) is 16.9. The fraction of sp³-hybridized carbons (Fsp3) is 0.375. The van der Waals surface area contributed by atoms with Gasteiger partial charge >= 0.3 is 5.97 Å². The number of methoxy groups -OCH3 is 1. The molecule has 0 atom stereocenters. The van der Waals surface area contributed by atoms with E-state index in [9.17, 15) is 9.59 Å². The number of hydrogen-bond donors (Lipinski definition) is 1. The van der Waals surface area contributed by atoms with E-state index < -0.39 is 0 Å². The van der Waals surface area contributed by atoms with Gasteiger partial charge in [0.15, 0.2) is 0 Å². The third-order valence-electron chi connectivity index (χ3n) is 2.65. The van der Waals surface area contributed by atoms with Crippen molar-refractivity contribution < 1.29 is 19.1 Å². The third kappa shape index (κ3) is 7.27. The van der Waals surface area contributed by atoms with Gasteiger partial charge in [0.2, 0.25) is 5.91 Å². The molecular weight excluding hydrogens is 270 g/mol. The zero-order valence-electron chi connectivity index (χ0n) is 12.4. The van der Waals surface area contributed by atoms with Crippen LogP contribution >= 0.6 is 0 Å². The minimum absolute atomic E-state index is 0.0399. The summed E-state index contributed by atoms with van der Waals surface area (Å²) >= 11 is 0. The number of ether oxygens (including phenoxy) is 2. The van der Waals surface area contributed by atoms with Crippen molar-refractivity contribution in [2.45, 2.75) is 19.8 Å². The van der Waals surface area contributed by atoms with Crippen LogP contribution in [0.1, 0.15) is 25.3 Å². The molecule has 0 fully saturated rings. The molecule has 0 bridgehead atoms. The predicted octanol–water partition coefficient (Wildman–Crippen LogP) is 2.63. The Morgan fingerprint density at radius 3 is 2.57 bits per heavy atom. The van der Waals surface area contributed by atoms with E-state index in [0.29, 0.717) is 26.1 Å². The Labute approximate surface area is 124 Å².